The fourth-order valence-corrected chi connectivity index (χ4v) is 11.9. The summed E-state index contributed by atoms with van der Waals surface area (Å²) < 4.78 is 51.0. The monoisotopic (exact) mass is 973 g/mol. The van der Waals surface area contributed by atoms with Crippen LogP contribution in [0.3, 0.4) is 0 Å². The lowest BCUT2D eigenvalue weighted by Gasteiger charge is -2.38. The van der Waals surface area contributed by atoms with Crippen molar-refractivity contribution >= 4 is 28.4 Å². The van der Waals surface area contributed by atoms with E-state index in [4.69, 9.17) is 4.74 Å². The number of alkyl halides is 3. The van der Waals surface area contributed by atoms with Gasteiger partial charge in [-0.15, -0.1) is 0 Å². The van der Waals surface area contributed by atoms with Gasteiger partial charge in [0.2, 0.25) is 0 Å². The quantitative estimate of drug-likeness (QED) is 0.113. The van der Waals surface area contributed by atoms with Crippen LogP contribution in [0, 0.1) is 5.92 Å². The zero-order chi connectivity index (χ0) is 50.6. The molecule has 0 atom stereocenters. The lowest BCUT2D eigenvalue weighted by atomic mass is 9.76. The van der Waals surface area contributed by atoms with Crippen molar-refractivity contribution in [2.24, 2.45) is 5.92 Å². The second-order valence-corrected chi connectivity index (χ2v) is 20.8. The maximum atomic E-state index is 14.6. The average Bonchev–Trinajstić information content (AvgIpc) is 3.64. The highest BCUT2D eigenvalue weighted by atomic mass is 19.4. The van der Waals surface area contributed by atoms with Crippen LogP contribution in [0.4, 0.5) is 18.9 Å². The molecule has 8 aromatic carbocycles. The molecule has 368 valence electrons. The van der Waals surface area contributed by atoms with Crippen molar-refractivity contribution in [3.63, 3.8) is 0 Å². The van der Waals surface area contributed by atoms with Gasteiger partial charge in [0.05, 0.1) is 5.56 Å². The summed E-state index contributed by atoms with van der Waals surface area (Å²) in [6.07, 6.45) is 9.84. The summed E-state index contributed by atoms with van der Waals surface area (Å²) in [5, 5.41) is 24.5. The van der Waals surface area contributed by atoms with Crippen LogP contribution in [0.1, 0.15) is 127 Å². The second kappa shape index (κ2) is 18.8. The number of amides is 1. The third-order valence-corrected chi connectivity index (χ3v) is 16.0. The molecule has 2 aliphatic carbocycles. The normalized spacial score (nSPS) is 17.3. The summed E-state index contributed by atoms with van der Waals surface area (Å²) in [4.78, 5) is 13.5. The molecule has 0 saturated heterocycles. The number of anilines is 1. The topological polar surface area (TPSA) is 78.8 Å². The van der Waals surface area contributed by atoms with Gasteiger partial charge in [-0.05, 0) is 166 Å². The minimum Gasteiger partial charge on any atom is -0.508 e. The molecule has 1 heterocycles. The van der Waals surface area contributed by atoms with Gasteiger partial charge in [0.15, 0.2) is 5.60 Å². The van der Waals surface area contributed by atoms with Crippen LogP contribution in [0.15, 0.2) is 164 Å². The van der Waals surface area contributed by atoms with Gasteiger partial charge in [-0.2, -0.15) is 13.2 Å². The van der Waals surface area contributed by atoms with Crippen molar-refractivity contribution in [2.45, 2.75) is 95.2 Å². The lowest BCUT2D eigenvalue weighted by Crippen LogP contribution is -2.35. The van der Waals surface area contributed by atoms with Crippen molar-refractivity contribution in [2.75, 3.05) is 5.32 Å². The maximum absolute atomic E-state index is 14.6. The van der Waals surface area contributed by atoms with E-state index < -0.39 is 22.8 Å². The van der Waals surface area contributed by atoms with E-state index >= 15 is 0 Å². The molecule has 3 aliphatic rings. The molecular weight excluding hydrogens is 916 g/mol. The first-order valence-electron chi connectivity index (χ1n) is 25.7. The van der Waals surface area contributed by atoms with Crippen LogP contribution in [0.5, 0.6) is 17.2 Å². The van der Waals surface area contributed by atoms with Crippen LogP contribution < -0.4 is 10.1 Å². The van der Waals surface area contributed by atoms with Crippen LogP contribution in [-0.4, -0.2) is 16.1 Å². The third kappa shape index (κ3) is 8.85. The van der Waals surface area contributed by atoms with E-state index in [1.165, 1.54) is 63.0 Å². The standard InChI is InChI=1S/C65H58F3NO4/c1-4-5-6-7-40-8-10-41(11-9-40)42-12-14-43(15-13-42)44-16-18-46(19-17-44)62(72)69-51-28-20-45(21-29-51)47-22-35-58-57(38-47)59-54-34-27-50(65(66,67)68)39-56(54)61-55(60(59)63(58,2)3)36-37-64(73-61,48-23-30-52(70)31-24-48)49-25-32-53(71)33-26-49/h12-41,70-71H,4-11H2,1-3H3,(H,69,72)/t40-,41-. The van der Waals surface area contributed by atoms with Crippen molar-refractivity contribution < 1.29 is 32.9 Å². The molecule has 3 N–H and O–H groups in total. The Morgan fingerprint density at radius 3 is 1.88 bits per heavy atom. The molecule has 0 unspecified atom stereocenters. The molecule has 11 rings (SSSR count). The number of benzene rings is 8. The Hall–Kier alpha value is -7.58. The number of carbonyl (C=O) groups excluding carboxylic acids is 1. The molecule has 0 radical (unpaired) electrons. The van der Waals surface area contributed by atoms with Gasteiger partial charge in [0.1, 0.15) is 17.2 Å². The molecule has 1 fully saturated rings. The Kier molecular flexibility index (Phi) is 12.3. The highest BCUT2D eigenvalue weighted by Crippen LogP contribution is 2.59. The highest BCUT2D eigenvalue weighted by molar-refractivity contribution is 6.09. The minimum atomic E-state index is -4.62. The SMILES string of the molecule is CCCCC[C@H]1CC[C@H](c2ccc(-c3ccc(C(=O)Nc4ccc(-c5ccc6c(c5)-c5c(c7c(c8cc(C(F)(F)F)ccc58)OC(c5ccc(O)cc5)(c5ccc(O)cc5)C=C7)C6(C)C)cc4)cc3)cc2)CC1. The smallest absolute Gasteiger partial charge is 0.416 e. The first kappa shape index (κ1) is 47.7. The molecule has 1 aliphatic heterocycles. The van der Waals surface area contributed by atoms with Gasteiger partial charge in [0, 0.05) is 38.7 Å². The van der Waals surface area contributed by atoms with Crippen molar-refractivity contribution in [3.8, 4) is 50.6 Å². The number of hydrogen-bond acceptors (Lipinski definition) is 4. The molecule has 73 heavy (non-hydrogen) atoms. The predicted molar refractivity (Wildman–Crippen MR) is 287 cm³/mol. The van der Waals surface area contributed by atoms with Gasteiger partial charge in [0.25, 0.3) is 5.91 Å². The van der Waals surface area contributed by atoms with Gasteiger partial charge in [-0.1, -0.05) is 144 Å². The zero-order valence-electron chi connectivity index (χ0n) is 41.3. The number of ether oxygens (including phenoxy) is 1. The second-order valence-electron chi connectivity index (χ2n) is 20.8. The average molecular weight is 974 g/mol. The number of aromatic hydroxyl groups is 2. The Morgan fingerprint density at radius 2 is 1.26 bits per heavy atom. The first-order chi connectivity index (χ1) is 35.2. The maximum Gasteiger partial charge on any atom is 0.416 e. The van der Waals surface area contributed by atoms with Gasteiger partial charge >= 0.3 is 6.18 Å². The minimum absolute atomic E-state index is 0.0537. The fourth-order valence-electron chi connectivity index (χ4n) is 11.9. The Labute approximate surface area is 425 Å². The molecule has 8 aromatic rings. The van der Waals surface area contributed by atoms with Crippen LogP contribution in [-0.2, 0) is 17.2 Å². The van der Waals surface area contributed by atoms with E-state index in [1.807, 2.05) is 60.7 Å². The van der Waals surface area contributed by atoms with E-state index in [-0.39, 0.29) is 17.4 Å². The van der Waals surface area contributed by atoms with E-state index in [2.05, 4.69) is 68.6 Å². The molecule has 8 heteroatoms. The summed E-state index contributed by atoms with van der Waals surface area (Å²) in [5.74, 6) is 1.74. The highest BCUT2D eigenvalue weighted by Gasteiger charge is 2.45. The molecule has 1 amide bonds. The van der Waals surface area contributed by atoms with Crippen LogP contribution >= 0.6 is 0 Å². The molecule has 0 aromatic heterocycles. The van der Waals surface area contributed by atoms with Gasteiger partial charge < -0.3 is 20.3 Å². The Balaban J connectivity index is 0.858. The number of phenolic OH excluding ortho intramolecular Hbond substituents is 2. The summed E-state index contributed by atoms with van der Waals surface area (Å²) in [7, 11) is 0. The van der Waals surface area contributed by atoms with Crippen molar-refractivity contribution in [1.82, 2.24) is 0 Å². The number of fused-ring (bicyclic) bond motifs is 8. The predicted octanol–water partition coefficient (Wildman–Crippen LogP) is 17.4. The number of hydrogen-bond donors (Lipinski definition) is 3. The molecule has 0 bridgehead atoms. The lowest BCUT2D eigenvalue weighted by molar-refractivity contribution is -0.137. The van der Waals surface area contributed by atoms with E-state index in [9.17, 15) is 28.2 Å². The molecule has 1 saturated carbocycles. The van der Waals surface area contributed by atoms with E-state index in [1.54, 1.807) is 54.6 Å². The number of nitrogens with one attached hydrogen (secondary N) is 1. The molecule has 5 nitrogen and oxygen atoms in total. The number of unbranched alkanes of at least 4 members (excludes halogenated alkanes) is 2. The van der Waals surface area contributed by atoms with Gasteiger partial charge in [-0.25, -0.2) is 0 Å². The summed E-state index contributed by atoms with van der Waals surface area (Å²) in [6, 6.07) is 47.7. The number of phenols is 2. The Morgan fingerprint density at radius 1 is 0.671 bits per heavy atom. The first-order valence-corrected chi connectivity index (χ1v) is 25.7. The largest absolute Gasteiger partial charge is 0.508 e. The molecule has 0 spiro atoms. The number of halogens is 3. The summed E-state index contributed by atoms with van der Waals surface area (Å²) in [6.45, 7) is 6.54. The van der Waals surface area contributed by atoms with Crippen molar-refractivity contribution in [3.05, 3.63) is 208 Å². The Bertz CT molecular complexity index is 3340. The third-order valence-electron chi connectivity index (χ3n) is 16.0. The number of carbonyl (C=O) groups is 1. The summed E-state index contributed by atoms with van der Waals surface area (Å²) >= 11 is 0. The van der Waals surface area contributed by atoms with Gasteiger partial charge in [-0.3, -0.25) is 4.79 Å². The summed E-state index contributed by atoms with van der Waals surface area (Å²) in [5.41, 5.74) is 9.65. The fraction of sp³-hybridized carbons (Fsp3) is 0.246. The van der Waals surface area contributed by atoms with Crippen molar-refractivity contribution in [1.29, 1.82) is 0 Å². The van der Waals surface area contributed by atoms with Crippen LogP contribution in [0.25, 0.3) is 50.2 Å². The van der Waals surface area contributed by atoms with Crippen LogP contribution in [0.2, 0.25) is 0 Å². The zero-order valence-corrected chi connectivity index (χ0v) is 41.3. The van der Waals surface area contributed by atoms with E-state index in [0.29, 0.717) is 50.4 Å². The van der Waals surface area contributed by atoms with E-state index in [0.717, 1.165) is 56.5 Å². The molecular formula is C65H58F3NO4. The number of rotatable bonds is 11.